The number of methoxy groups -OCH3 is 1. The van der Waals surface area contributed by atoms with E-state index < -0.39 is 8.32 Å². The quantitative estimate of drug-likeness (QED) is 0.722. The van der Waals surface area contributed by atoms with Crippen LogP contribution in [0, 0.1) is 0 Å². The summed E-state index contributed by atoms with van der Waals surface area (Å²) in [7, 11) is 0.208. The first-order valence-corrected chi connectivity index (χ1v) is 9.19. The van der Waals surface area contributed by atoms with Gasteiger partial charge in [-0.05, 0) is 43.8 Å². The maximum absolute atomic E-state index is 6.14. The molecule has 0 saturated heterocycles. The van der Waals surface area contributed by atoms with E-state index in [-0.39, 0.29) is 6.10 Å². The Morgan fingerprint density at radius 1 is 1.12 bits per heavy atom. The molecule has 0 fully saturated rings. The van der Waals surface area contributed by atoms with Gasteiger partial charge in [0.1, 0.15) is 5.75 Å². The maximum Gasteiger partial charge on any atom is 0.184 e. The van der Waals surface area contributed by atoms with Gasteiger partial charge in [0.05, 0.1) is 13.2 Å². The molecule has 0 spiro atoms. The van der Waals surface area contributed by atoms with Gasteiger partial charge in [0.25, 0.3) is 0 Å². The third kappa shape index (κ3) is 3.98. The third-order valence-corrected chi connectivity index (χ3v) is 3.35. The minimum absolute atomic E-state index is 0.220. The average Bonchev–Trinajstić information content (AvgIpc) is 2.25. The molecule has 1 atom stereocenters. The van der Waals surface area contributed by atoms with Gasteiger partial charge in [-0.2, -0.15) is 0 Å². The van der Waals surface area contributed by atoms with Crippen molar-refractivity contribution in [3.63, 3.8) is 0 Å². The van der Waals surface area contributed by atoms with E-state index in [4.69, 9.17) is 9.16 Å². The topological polar surface area (TPSA) is 18.5 Å². The Morgan fingerprint density at radius 3 is 2.06 bits per heavy atom. The number of hydrogen-bond acceptors (Lipinski definition) is 2. The lowest BCUT2D eigenvalue weighted by molar-refractivity contribution is 0.193. The van der Waals surface area contributed by atoms with Crippen molar-refractivity contribution in [2.75, 3.05) is 7.11 Å². The molecule has 1 rings (SSSR count). The Morgan fingerprint density at radius 2 is 1.69 bits per heavy atom. The standard InChI is InChI=1S/C13H22O2Si/c1-6-13(15-16(3,4)5)11-7-9-12(14-2)10-8-11/h7-10,13H,6H2,1-5H3. The van der Waals surface area contributed by atoms with E-state index in [1.165, 1.54) is 5.56 Å². The SMILES string of the molecule is CCC(O[Si](C)(C)C)c1ccc(OC)cc1. The van der Waals surface area contributed by atoms with Gasteiger partial charge in [0.15, 0.2) is 8.32 Å². The second kappa shape index (κ2) is 5.50. The lowest BCUT2D eigenvalue weighted by Crippen LogP contribution is -2.27. The highest BCUT2D eigenvalue weighted by atomic mass is 28.4. The number of ether oxygens (including phenoxy) is 1. The average molecular weight is 238 g/mol. The van der Waals surface area contributed by atoms with Gasteiger partial charge >= 0.3 is 0 Å². The molecule has 3 heteroatoms. The molecule has 0 aromatic heterocycles. The van der Waals surface area contributed by atoms with Crippen LogP contribution < -0.4 is 4.74 Å². The molecule has 0 bridgehead atoms. The zero-order chi connectivity index (χ0) is 12.2. The van der Waals surface area contributed by atoms with Crippen molar-refractivity contribution >= 4 is 8.32 Å². The first-order valence-electron chi connectivity index (χ1n) is 5.78. The number of benzene rings is 1. The van der Waals surface area contributed by atoms with Crippen LogP contribution in [0.2, 0.25) is 19.6 Å². The van der Waals surface area contributed by atoms with E-state index in [0.29, 0.717) is 0 Å². The van der Waals surface area contributed by atoms with E-state index in [2.05, 4.69) is 38.7 Å². The first-order chi connectivity index (χ1) is 7.46. The van der Waals surface area contributed by atoms with Crippen LogP contribution in [0.5, 0.6) is 5.75 Å². The third-order valence-electron chi connectivity index (χ3n) is 2.35. The fourth-order valence-corrected chi connectivity index (χ4v) is 2.79. The van der Waals surface area contributed by atoms with E-state index in [1.54, 1.807) is 7.11 Å². The van der Waals surface area contributed by atoms with Crippen LogP contribution in [0.25, 0.3) is 0 Å². The van der Waals surface area contributed by atoms with E-state index in [1.807, 2.05) is 12.1 Å². The normalized spacial score (nSPS) is 13.6. The summed E-state index contributed by atoms with van der Waals surface area (Å²) >= 11 is 0. The Labute approximate surface area is 99.7 Å². The van der Waals surface area contributed by atoms with Crippen molar-refractivity contribution in [2.45, 2.75) is 39.1 Å². The van der Waals surface area contributed by atoms with Gasteiger partial charge < -0.3 is 9.16 Å². The highest BCUT2D eigenvalue weighted by Gasteiger charge is 2.21. The molecule has 0 N–H and O–H groups in total. The predicted molar refractivity (Wildman–Crippen MR) is 70.5 cm³/mol. The fourth-order valence-electron chi connectivity index (χ4n) is 1.63. The highest BCUT2D eigenvalue weighted by molar-refractivity contribution is 6.69. The van der Waals surface area contributed by atoms with Gasteiger partial charge in [-0.15, -0.1) is 0 Å². The molecule has 1 aromatic rings. The monoisotopic (exact) mass is 238 g/mol. The van der Waals surface area contributed by atoms with Crippen LogP contribution in [-0.4, -0.2) is 15.4 Å². The molecule has 0 aliphatic rings. The molecule has 90 valence electrons. The van der Waals surface area contributed by atoms with Crippen LogP contribution in [0.1, 0.15) is 25.0 Å². The molecule has 0 heterocycles. The van der Waals surface area contributed by atoms with Gasteiger partial charge in [-0.3, -0.25) is 0 Å². The molecule has 0 aliphatic heterocycles. The van der Waals surface area contributed by atoms with E-state index in [9.17, 15) is 0 Å². The molecular formula is C13H22O2Si. The van der Waals surface area contributed by atoms with Crippen molar-refractivity contribution in [1.29, 1.82) is 0 Å². The first kappa shape index (κ1) is 13.3. The van der Waals surface area contributed by atoms with Crippen molar-refractivity contribution in [2.24, 2.45) is 0 Å². The second-order valence-electron chi connectivity index (χ2n) is 4.90. The highest BCUT2D eigenvalue weighted by Crippen LogP contribution is 2.26. The van der Waals surface area contributed by atoms with Crippen LogP contribution in [-0.2, 0) is 4.43 Å². The van der Waals surface area contributed by atoms with Crippen molar-refractivity contribution < 1.29 is 9.16 Å². The van der Waals surface area contributed by atoms with Crippen LogP contribution in [0.4, 0.5) is 0 Å². The number of rotatable bonds is 5. The Hall–Kier alpha value is -0.803. The summed E-state index contributed by atoms with van der Waals surface area (Å²) in [6.07, 6.45) is 1.23. The van der Waals surface area contributed by atoms with Gasteiger partial charge in [0, 0.05) is 0 Å². The van der Waals surface area contributed by atoms with E-state index in [0.717, 1.165) is 12.2 Å². The largest absolute Gasteiger partial charge is 0.497 e. The second-order valence-corrected chi connectivity index (χ2v) is 9.36. The van der Waals surface area contributed by atoms with Crippen LogP contribution in [0.3, 0.4) is 0 Å². The zero-order valence-corrected chi connectivity index (χ0v) is 11.9. The minimum Gasteiger partial charge on any atom is -0.497 e. The van der Waals surface area contributed by atoms with Crippen molar-refractivity contribution in [3.05, 3.63) is 29.8 Å². The summed E-state index contributed by atoms with van der Waals surface area (Å²) < 4.78 is 11.3. The summed E-state index contributed by atoms with van der Waals surface area (Å²) in [5.41, 5.74) is 1.24. The number of hydrogen-bond donors (Lipinski definition) is 0. The maximum atomic E-state index is 6.14. The molecular weight excluding hydrogens is 216 g/mol. The summed E-state index contributed by atoms with van der Waals surface area (Å²) in [6.45, 7) is 8.83. The molecule has 0 aliphatic carbocycles. The molecule has 16 heavy (non-hydrogen) atoms. The molecule has 0 radical (unpaired) electrons. The van der Waals surface area contributed by atoms with Crippen molar-refractivity contribution in [1.82, 2.24) is 0 Å². The summed E-state index contributed by atoms with van der Waals surface area (Å²) in [5, 5.41) is 0. The Kier molecular flexibility index (Phi) is 4.56. The predicted octanol–water partition coefficient (Wildman–Crippen LogP) is 4.00. The molecule has 1 aromatic carbocycles. The Balaban J connectivity index is 2.79. The molecule has 1 unspecified atom stereocenters. The van der Waals surface area contributed by atoms with Gasteiger partial charge in [-0.1, -0.05) is 19.1 Å². The molecule has 0 saturated carbocycles. The minimum atomic E-state index is -1.48. The molecule has 2 nitrogen and oxygen atoms in total. The Bertz CT molecular complexity index is 314. The van der Waals surface area contributed by atoms with Crippen molar-refractivity contribution in [3.8, 4) is 5.75 Å². The summed E-state index contributed by atoms with van der Waals surface area (Å²) in [6, 6.07) is 8.16. The van der Waals surface area contributed by atoms with Crippen LogP contribution in [0.15, 0.2) is 24.3 Å². The van der Waals surface area contributed by atoms with Gasteiger partial charge in [0.2, 0.25) is 0 Å². The van der Waals surface area contributed by atoms with E-state index >= 15 is 0 Å². The smallest absolute Gasteiger partial charge is 0.184 e. The summed E-state index contributed by atoms with van der Waals surface area (Å²) in [5.74, 6) is 0.895. The molecule has 0 amide bonds. The lowest BCUT2D eigenvalue weighted by atomic mass is 10.1. The fraction of sp³-hybridized carbons (Fsp3) is 0.538. The zero-order valence-electron chi connectivity index (χ0n) is 10.9. The lowest BCUT2D eigenvalue weighted by Gasteiger charge is -2.26. The van der Waals surface area contributed by atoms with Gasteiger partial charge in [-0.25, -0.2) is 0 Å². The van der Waals surface area contributed by atoms with Crippen LogP contribution >= 0.6 is 0 Å². The summed E-state index contributed by atoms with van der Waals surface area (Å²) in [4.78, 5) is 0.